The standard InChI is InChI=1S/C17H25ClN2S/c1-3-11-20-17(2,14-19)10-6-7-12-21-13-15-8-4-5-9-16(15)18/h4-5,8-9,20H,3,6-7,10-13H2,1-2H3. The van der Waals surface area contributed by atoms with Crippen molar-refractivity contribution in [2.24, 2.45) is 0 Å². The Morgan fingerprint density at radius 1 is 1.33 bits per heavy atom. The third-order valence-electron chi connectivity index (χ3n) is 3.44. The zero-order chi connectivity index (χ0) is 15.6. The fourth-order valence-electron chi connectivity index (χ4n) is 2.06. The highest BCUT2D eigenvalue weighted by Gasteiger charge is 2.21. The fourth-order valence-corrected chi connectivity index (χ4v) is 3.37. The maximum absolute atomic E-state index is 9.26. The number of unbranched alkanes of at least 4 members (excludes halogenated alkanes) is 1. The van der Waals surface area contributed by atoms with Crippen molar-refractivity contribution in [3.63, 3.8) is 0 Å². The van der Waals surface area contributed by atoms with Gasteiger partial charge in [-0.1, -0.05) is 36.7 Å². The van der Waals surface area contributed by atoms with Crippen LogP contribution >= 0.6 is 23.4 Å². The van der Waals surface area contributed by atoms with Crippen LogP contribution < -0.4 is 5.32 Å². The van der Waals surface area contributed by atoms with Crippen LogP contribution in [-0.2, 0) is 5.75 Å². The Labute approximate surface area is 138 Å². The molecule has 116 valence electrons. The summed E-state index contributed by atoms with van der Waals surface area (Å²) < 4.78 is 0. The van der Waals surface area contributed by atoms with Crippen molar-refractivity contribution in [3.8, 4) is 6.07 Å². The molecule has 1 unspecified atom stereocenters. The summed E-state index contributed by atoms with van der Waals surface area (Å²) in [7, 11) is 0. The van der Waals surface area contributed by atoms with E-state index in [0.717, 1.165) is 48.8 Å². The molecule has 0 fully saturated rings. The van der Waals surface area contributed by atoms with Crippen LogP contribution in [0.15, 0.2) is 24.3 Å². The van der Waals surface area contributed by atoms with Gasteiger partial charge >= 0.3 is 0 Å². The van der Waals surface area contributed by atoms with Gasteiger partial charge in [0.1, 0.15) is 5.54 Å². The molecule has 0 amide bonds. The molecule has 2 nitrogen and oxygen atoms in total. The number of thioether (sulfide) groups is 1. The molecule has 1 aromatic rings. The van der Waals surface area contributed by atoms with Crippen molar-refractivity contribution in [2.75, 3.05) is 12.3 Å². The Bertz CT molecular complexity index is 458. The summed E-state index contributed by atoms with van der Waals surface area (Å²) in [5.41, 5.74) is 0.833. The minimum Gasteiger partial charge on any atom is -0.300 e. The average molecular weight is 325 g/mol. The minimum absolute atomic E-state index is 0.372. The smallest absolute Gasteiger partial charge is 0.103 e. The molecule has 0 heterocycles. The van der Waals surface area contributed by atoms with Crippen molar-refractivity contribution in [1.82, 2.24) is 5.32 Å². The number of rotatable bonds is 10. The summed E-state index contributed by atoms with van der Waals surface area (Å²) >= 11 is 8.04. The molecule has 0 bridgehead atoms. The van der Waals surface area contributed by atoms with Gasteiger partial charge in [0.2, 0.25) is 0 Å². The average Bonchev–Trinajstić information content (AvgIpc) is 2.50. The second kappa shape index (κ2) is 10.1. The molecular formula is C17H25ClN2S. The molecule has 21 heavy (non-hydrogen) atoms. The lowest BCUT2D eigenvalue weighted by Crippen LogP contribution is -2.41. The topological polar surface area (TPSA) is 35.8 Å². The van der Waals surface area contributed by atoms with Gasteiger partial charge < -0.3 is 0 Å². The number of nitriles is 1. The first-order valence-corrected chi connectivity index (χ1v) is 9.12. The van der Waals surface area contributed by atoms with Gasteiger partial charge in [-0.2, -0.15) is 17.0 Å². The van der Waals surface area contributed by atoms with Gasteiger partial charge in [0.15, 0.2) is 0 Å². The highest BCUT2D eigenvalue weighted by Crippen LogP contribution is 2.22. The first-order chi connectivity index (χ1) is 10.1. The first kappa shape index (κ1) is 18.4. The Morgan fingerprint density at radius 2 is 2.10 bits per heavy atom. The predicted octanol–water partition coefficient (Wildman–Crippen LogP) is 5.03. The van der Waals surface area contributed by atoms with Crippen LogP contribution in [0.4, 0.5) is 0 Å². The number of hydrogen-bond acceptors (Lipinski definition) is 3. The number of halogens is 1. The quantitative estimate of drug-likeness (QED) is 0.613. The lowest BCUT2D eigenvalue weighted by molar-refractivity contribution is 0.406. The molecule has 1 N–H and O–H groups in total. The van der Waals surface area contributed by atoms with E-state index >= 15 is 0 Å². The highest BCUT2D eigenvalue weighted by atomic mass is 35.5. The summed E-state index contributed by atoms with van der Waals surface area (Å²) in [6.07, 6.45) is 4.19. The highest BCUT2D eigenvalue weighted by molar-refractivity contribution is 7.98. The van der Waals surface area contributed by atoms with E-state index in [0.29, 0.717) is 0 Å². The van der Waals surface area contributed by atoms with Crippen LogP contribution in [-0.4, -0.2) is 17.8 Å². The molecule has 0 aliphatic heterocycles. The minimum atomic E-state index is -0.372. The largest absolute Gasteiger partial charge is 0.300 e. The van der Waals surface area contributed by atoms with Crippen molar-refractivity contribution < 1.29 is 0 Å². The number of benzene rings is 1. The summed E-state index contributed by atoms with van der Waals surface area (Å²) in [5.74, 6) is 2.07. The summed E-state index contributed by atoms with van der Waals surface area (Å²) in [6.45, 7) is 5.03. The SMILES string of the molecule is CCCNC(C)(C#N)CCCCSCc1ccccc1Cl. The number of hydrogen-bond donors (Lipinski definition) is 1. The van der Waals surface area contributed by atoms with Crippen LogP contribution in [0.1, 0.15) is 45.1 Å². The first-order valence-electron chi connectivity index (χ1n) is 7.59. The van der Waals surface area contributed by atoms with E-state index in [2.05, 4.69) is 24.4 Å². The van der Waals surface area contributed by atoms with Gasteiger partial charge in [-0.3, -0.25) is 5.32 Å². The molecule has 1 aromatic carbocycles. The molecule has 0 aliphatic carbocycles. The van der Waals surface area contributed by atoms with Crippen molar-refractivity contribution in [3.05, 3.63) is 34.9 Å². The predicted molar refractivity (Wildman–Crippen MR) is 93.8 cm³/mol. The van der Waals surface area contributed by atoms with Crippen LogP contribution in [0.5, 0.6) is 0 Å². The maximum atomic E-state index is 9.26. The molecular weight excluding hydrogens is 300 g/mol. The van der Waals surface area contributed by atoms with Crippen LogP contribution in [0.25, 0.3) is 0 Å². The van der Waals surface area contributed by atoms with E-state index in [1.54, 1.807) is 0 Å². The molecule has 4 heteroatoms. The monoisotopic (exact) mass is 324 g/mol. The van der Waals surface area contributed by atoms with E-state index in [-0.39, 0.29) is 5.54 Å². The normalized spacial score (nSPS) is 13.6. The van der Waals surface area contributed by atoms with E-state index in [9.17, 15) is 5.26 Å². The van der Waals surface area contributed by atoms with Gasteiger partial charge in [-0.25, -0.2) is 0 Å². The van der Waals surface area contributed by atoms with E-state index < -0.39 is 0 Å². The van der Waals surface area contributed by atoms with Gasteiger partial charge in [-0.15, -0.1) is 0 Å². The van der Waals surface area contributed by atoms with Gasteiger partial charge in [0.25, 0.3) is 0 Å². The Balaban J connectivity index is 2.17. The van der Waals surface area contributed by atoms with Crippen LogP contribution in [0.3, 0.4) is 0 Å². The molecule has 0 aromatic heterocycles. The molecule has 0 saturated heterocycles. The zero-order valence-electron chi connectivity index (χ0n) is 13.0. The Hall–Kier alpha value is -0.690. The number of nitrogens with one attached hydrogen (secondary N) is 1. The molecule has 0 aliphatic rings. The number of nitrogens with zero attached hydrogens (tertiary/aromatic N) is 1. The van der Waals surface area contributed by atoms with Gasteiger partial charge in [0.05, 0.1) is 6.07 Å². The lowest BCUT2D eigenvalue weighted by atomic mass is 9.96. The van der Waals surface area contributed by atoms with Crippen molar-refractivity contribution in [2.45, 2.75) is 50.8 Å². The second-order valence-corrected chi connectivity index (χ2v) is 6.98. The van der Waals surface area contributed by atoms with Crippen LogP contribution in [0, 0.1) is 11.3 Å². The third-order valence-corrected chi connectivity index (χ3v) is 4.90. The van der Waals surface area contributed by atoms with E-state index in [4.69, 9.17) is 11.6 Å². The van der Waals surface area contributed by atoms with Crippen molar-refractivity contribution in [1.29, 1.82) is 5.26 Å². The molecule has 1 atom stereocenters. The van der Waals surface area contributed by atoms with E-state index in [1.807, 2.05) is 36.9 Å². The Morgan fingerprint density at radius 3 is 2.76 bits per heavy atom. The van der Waals surface area contributed by atoms with E-state index in [1.165, 1.54) is 5.56 Å². The van der Waals surface area contributed by atoms with Gasteiger partial charge in [-0.05, 0) is 56.5 Å². The molecule has 1 rings (SSSR count). The lowest BCUT2D eigenvalue weighted by Gasteiger charge is -2.22. The fraction of sp³-hybridized carbons (Fsp3) is 0.588. The van der Waals surface area contributed by atoms with Gasteiger partial charge in [0, 0.05) is 10.8 Å². The Kier molecular flexibility index (Phi) is 8.84. The van der Waals surface area contributed by atoms with Crippen molar-refractivity contribution >= 4 is 23.4 Å². The summed E-state index contributed by atoms with van der Waals surface area (Å²) in [6, 6.07) is 10.4. The second-order valence-electron chi connectivity index (χ2n) is 5.47. The summed E-state index contributed by atoms with van der Waals surface area (Å²) in [5, 5.41) is 13.4. The zero-order valence-corrected chi connectivity index (χ0v) is 14.6. The third kappa shape index (κ3) is 7.22. The summed E-state index contributed by atoms with van der Waals surface area (Å²) in [4.78, 5) is 0. The molecule has 0 radical (unpaired) electrons. The maximum Gasteiger partial charge on any atom is 0.103 e. The van der Waals surface area contributed by atoms with Crippen LogP contribution in [0.2, 0.25) is 5.02 Å². The molecule has 0 saturated carbocycles. The molecule has 0 spiro atoms.